The van der Waals surface area contributed by atoms with Gasteiger partial charge in [-0.25, -0.2) is 4.79 Å². The highest BCUT2D eigenvalue weighted by molar-refractivity contribution is 14.0. The van der Waals surface area contributed by atoms with E-state index in [1.54, 1.807) is 11.9 Å². The number of nitrogens with zero attached hydrogens (tertiary/aromatic N) is 3. The molecule has 1 rings (SSSR count). The first-order chi connectivity index (χ1) is 13.9. The van der Waals surface area contributed by atoms with Gasteiger partial charge in [-0.05, 0) is 40.5 Å². The molecule has 0 bridgehead atoms. The third-order valence-electron chi connectivity index (χ3n) is 4.50. The lowest BCUT2D eigenvalue weighted by atomic mass is 10.1. The van der Waals surface area contributed by atoms with Gasteiger partial charge in [0.2, 0.25) is 0 Å². The highest BCUT2D eigenvalue weighted by Crippen LogP contribution is 2.11. The van der Waals surface area contributed by atoms with Gasteiger partial charge in [-0.1, -0.05) is 6.92 Å². The van der Waals surface area contributed by atoms with Crippen LogP contribution in [0.5, 0.6) is 0 Å². The predicted molar refractivity (Wildman–Crippen MR) is 135 cm³/mol. The first-order valence-corrected chi connectivity index (χ1v) is 10.9. The number of hydrogen-bond donors (Lipinski definition) is 3. The van der Waals surface area contributed by atoms with Crippen LogP contribution in [0.4, 0.5) is 4.79 Å². The Kier molecular flexibility index (Phi) is 13.9. The van der Waals surface area contributed by atoms with E-state index in [1.807, 2.05) is 34.6 Å². The maximum absolute atomic E-state index is 12.1. The molecule has 9 nitrogen and oxygen atoms in total. The van der Waals surface area contributed by atoms with Crippen molar-refractivity contribution in [2.45, 2.75) is 52.7 Å². The summed E-state index contributed by atoms with van der Waals surface area (Å²) >= 11 is 0. The van der Waals surface area contributed by atoms with Crippen LogP contribution >= 0.6 is 24.0 Å². The molecule has 1 fully saturated rings. The number of guanidine groups is 1. The second kappa shape index (κ2) is 14.3. The van der Waals surface area contributed by atoms with Crippen molar-refractivity contribution < 1.29 is 19.4 Å². The molecule has 10 heteroatoms. The van der Waals surface area contributed by atoms with Crippen LogP contribution in [0.25, 0.3) is 0 Å². The smallest absolute Gasteiger partial charge is 0.410 e. The fourth-order valence-corrected chi connectivity index (χ4v) is 3.10. The summed E-state index contributed by atoms with van der Waals surface area (Å²) < 4.78 is 10.8. The normalized spacial score (nSPS) is 18.4. The molecule has 0 saturated carbocycles. The molecule has 1 heterocycles. The van der Waals surface area contributed by atoms with Crippen LogP contribution in [0.15, 0.2) is 4.99 Å². The Morgan fingerprint density at radius 2 is 1.87 bits per heavy atom. The van der Waals surface area contributed by atoms with Crippen LogP contribution in [-0.2, 0) is 9.47 Å². The van der Waals surface area contributed by atoms with Gasteiger partial charge in [0.15, 0.2) is 5.96 Å². The second-order valence-electron chi connectivity index (χ2n) is 9.43. The minimum absolute atomic E-state index is 0. The lowest BCUT2D eigenvalue weighted by Gasteiger charge is -2.33. The van der Waals surface area contributed by atoms with E-state index >= 15 is 0 Å². The minimum Gasteiger partial charge on any atom is -0.444 e. The van der Waals surface area contributed by atoms with E-state index in [9.17, 15) is 9.90 Å². The summed E-state index contributed by atoms with van der Waals surface area (Å²) in [6, 6.07) is 0. The molecule has 2 atom stereocenters. The van der Waals surface area contributed by atoms with Gasteiger partial charge in [0.05, 0.1) is 25.4 Å². The Morgan fingerprint density at radius 3 is 2.42 bits per heavy atom. The SMILES string of the molecule is CCNC(=NCC(C)(O)CN1CCOCC1)NCC(C)CN(C)C(=O)OC(C)(C)C.I. The van der Waals surface area contributed by atoms with Crippen molar-refractivity contribution in [3.63, 3.8) is 0 Å². The molecule has 0 aliphatic carbocycles. The largest absolute Gasteiger partial charge is 0.444 e. The standard InChI is InChI=1S/C21H43N5O4.HI/c1-8-22-18(24-15-21(6,28)16-26-9-11-29-12-10-26)23-13-17(2)14-25(7)19(27)30-20(3,4)5;/h17,28H,8-16H2,1-7H3,(H2,22,23,24);1H. The van der Waals surface area contributed by atoms with Crippen molar-refractivity contribution in [3.05, 3.63) is 0 Å². The van der Waals surface area contributed by atoms with Gasteiger partial charge in [-0.15, -0.1) is 24.0 Å². The van der Waals surface area contributed by atoms with Crippen LogP contribution in [0.1, 0.15) is 41.5 Å². The molecule has 0 aromatic heterocycles. The molecule has 31 heavy (non-hydrogen) atoms. The van der Waals surface area contributed by atoms with E-state index in [-0.39, 0.29) is 36.0 Å². The molecular weight excluding hydrogens is 513 g/mol. The summed E-state index contributed by atoms with van der Waals surface area (Å²) in [4.78, 5) is 20.5. The number of carbonyl (C=O) groups is 1. The van der Waals surface area contributed by atoms with Crippen molar-refractivity contribution in [1.82, 2.24) is 20.4 Å². The highest BCUT2D eigenvalue weighted by Gasteiger charge is 2.25. The van der Waals surface area contributed by atoms with Gasteiger partial charge in [0, 0.05) is 46.3 Å². The third-order valence-corrected chi connectivity index (χ3v) is 4.50. The molecule has 1 aliphatic rings. The first kappa shape index (κ1) is 30.1. The Labute approximate surface area is 205 Å². The van der Waals surface area contributed by atoms with Crippen molar-refractivity contribution in [2.75, 3.05) is 66.1 Å². The number of β-amino-alcohol motifs (C(OH)–C–C–N with tert-alkyl or cyclic N) is 1. The van der Waals surface area contributed by atoms with E-state index in [4.69, 9.17) is 9.47 Å². The van der Waals surface area contributed by atoms with E-state index in [2.05, 4.69) is 27.4 Å². The Bertz CT molecular complexity index is 548. The number of hydrogen-bond acceptors (Lipinski definition) is 6. The monoisotopic (exact) mass is 557 g/mol. The second-order valence-corrected chi connectivity index (χ2v) is 9.43. The molecule has 184 valence electrons. The van der Waals surface area contributed by atoms with Gasteiger partial charge in [-0.2, -0.15) is 0 Å². The fraction of sp³-hybridized carbons (Fsp3) is 0.905. The van der Waals surface area contributed by atoms with Gasteiger partial charge in [-0.3, -0.25) is 9.89 Å². The van der Waals surface area contributed by atoms with Crippen molar-refractivity contribution in [2.24, 2.45) is 10.9 Å². The maximum atomic E-state index is 12.1. The quantitative estimate of drug-likeness (QED) is 0.226. The van der Waals surface area contributed by atoms with Gasteiger partial charge >= 0.3 is 6.09 Å². The molecule has 1 aliphatic heterocycles. The molecule has 1 amide bonds. The van der Waals surface area contributed by atoms with Crippen LogP contribution < -0.4 is 10.6 Å². The zero-order chi connectivity index (χ0) is 22.8. The molecular formula is C21H44IN5O4. The summed E-state index contributed by atoms with van der Waals surface area (Å²) in [6.45, 7) is 17.3. The van der Waals surface area contributed by atoms with Crippen LogP contribution in [-0.4, -0.2) is 104 Å². The molecule has 2 unspecified atom stereocenters. The topological polar surface area (TPSA) is 98.7 Å². The number of ether oxygens (including phenoxy) is 2. The van der Waals surface area contributed by atoms with Crippen molar-refractivity contribution >= 4 is 36.0 Å². The number of aliphatic hydroxyl groups is 1. The van der Waals surface area contributed by atoms with Gasteiger partial charge in [0.25, 0.3) is 0 Å². The molecule has 0 radical (unpaired) electrons. The van der Waals surface area contributed by atoms with E-state index in [0.717, 1.165) is 19.6 Å². The summed E-state index contributed by atoms with van der Waals surface area (Å²) in [5.41, 5.74) is -1.42. The zero-order valence-corrected chi connectivity index (χ0v) is 22.7. The Balaban J connectivity index is 0.00000900. The first-order valence-electron chi connectivity index (χ1n) is 10.9. The molecule has 3 N–H and O–H groups in total. The number of carbonyl (C=O) groups excluding carboxylic acids is 1. The van der Waals surface area contributed by atoms with Crippen LogP contribution in [0.3, 0.4) is 0 Å². The lowest BCUT2D eigenvalue weighted by molar-refractivity contribution is -0.0180. The maximum Gasteiger partial charge on any atom is 0.410 e. The fourth-order valence-electron chi connectivity index (χ4n) is 3.10. The van der Waals surface area contributed by atoms with Crippen molar-refractivity contribution in [3.8, 4) is 0 Å². The highest BCUT2D eigenvalue weighted by atomic mass is 127. The zero-order valence-electron chi connectivity index (χ0n) is 20.4. The number of nitrogens with one attached hydrogen (secondary N) is 2. The number of amides is 1. The van der Waals surface area contributed by atoms with E-state index in [0.29, 0.717) is 45.4 Å². The number of morpholine rings is 1. The van der Waals surface area contributed by atoms with E-state index < -0.39 is 11.2 Å². The lowest BCUT2D eigenvalue weighted by Crippen LogP contribution is -2.48. The molecule has 0 aromatic rings. The van der Waals surface area contributed by atoms with Crippen LogP contribution in [0.2, 0.25) is 0 Å². The van der Waals surface area contributed by atoms with Crippen LogP contribution in [0, 0.1) is 5.92 Å². The Morgan fingerprint density at radius 1 is 1.26 bits per heavy atom. The number of aliphatic imine (C=N–C) groups is 1. The Hall–Kier alpha value is -0.850. The predicted octanol–water partition coefficient (Wildman–Crippen LogP) is 1.75. The summed E-state index contributed by atoms with van der Waals surface area (Å²) in [7, 11) is 1.74. The summed E-state index contributed by atoms with van der Waals surface area (Å²) in [5.74, 6) is 0.853. The third kappa shape index (κ3) is 14.0. The van der Waals surface area contributed by atoms with Gasteiger partial charge in [0.1, 0.15) is 5.60 Å². The average Bonchev–Trinajstić information content (AvgIpc) is 2.63. The molecule has 0 aromatic carbocycles. The summed E-state index contributed by atoms with van der Waals surface area (Å²) in [6.07, 6.45) is -0.325. The number of rotatable bonds is 9. The van der Waals surface area contributed by atoms with Gasteiger partial charge < -0.3 is 30.1 Å². The average molecular weight is 558 g/mol. The minimum atomic E-state index is -0.914. The molecule has 1 saturated heterocycles. The molecule has 0 spiro atoms. The summed E-state index contributed by atoms with van der Waals surface area (Å²) in [5, 5.41) is 17.2. The van der Waals surface area contributed by atoms with E-state index in [1.165, 1.54) is 0 Å². The van der Waals surface area contributed by atoms with Crippen molar-refractivity contribution in [1.29, 1.82) is 0 Å². The number of halogens is 1.